The molecule has 1 saturated heterocycles. The van der Waals surface area contributed by atoms with Crippen LogP contribution in [0.4, 0.5) is 8.78 Å². The molecule has 1 fully saturated rings. The number of ketones is 1. The lowest BCUT2D eigenvalue weighted by Crippen LogP contribution is -2.35. The van der Waals surface area contributed by atoms with Crippen LogP contribution in [0, 0.1) is 17.6 Å². The van der Waals surface area contributed by atoms with Gasteiger partial charge >= 0.3 is 0 Å². The minimum absolute atomic E-state index is 0.0798. The average Bonchev–Trinajstić information content (AvgIpc) is 2.65. The molecular formula is C22H25F2NO. The first-order valence-electron chi connectivity index (χ1n) is 9.36. The lowest BCUT2D eigenvalue weighted by Gasteiger charge is -2.32. The highest BCUT2D eigenvalue weighted by Gasteiger charge is 2.19. The van der Waals surface area contributed by atoms with Gasteiger partial charge in [0.1, 0.15) is 11.6 Å². The Balaban J connectivity index is 1.35. The highest BCUT2D eigenvalue weighted by Crippen LogP contribution is 2.22. The first kappa shape index (κ1) is 18.7. The Kier molecular flexibility index (Phi) is 6.51. The van der Waals surface area contributed by atoms with Crippen LogP contribution in [0.2, 0.25) is 0 Å². The number of hydrogen-bond acceptors (Lipinski definition) is 2. The van der Waals surface area contributed by atoms with Gasteiger partial charge in [-0.2, -0.15) is 0 Å². The molecule has 0 spiro atoms. The van der Waals surface area contributed by atoms with Crippen molar-refractivity contribution in [3.8, 4) is 0 Å². The summed E-state index contributed by atoms with van der Waals surface area (Å²) in [4.78, 5) is 14.5. The number of Topliss-reactive ketones (excluding diaryl/α,β-unsaturated/α-hetero) is 1. The Labute approximate surface area is 153 Å². The lowest BCUT2D eigenvalue weighted by atomic mass is 9.90. The molecule has 0 atom stereocenters. The number of rotatable bonds is 7. The number of hydrogen-bond donors (Lipinski definition) is 0. The molecule has 1 aliphatic rings. The molecule has 2 nitrogen and oxygen atoms in total. The van der Waals surface area contributed by atoms with Crippen LogP contribution < -0.4 is 0 Å². The summed E-state index contributed by atoms with van der Waals surface area (Å²) in [6.45, 7) is 3.03. The van der Waals surface area contributed by atoms with Crippen LogP contribution in [-0.4, -0.2) is 30.3 Å². The standard InChI is InChI=1S/C22H25F2NO/c23-20-7-3-17(4-8-20)16-18-11-14-25(15-12-18)13-1-2-22(26)19-5-9-21(24)10-6-19/h3-10,18H,1-2,11-16H2. The van der Waals surface area contributed by atoms with Gasteiger partial charge in [-0.15, -0.1) is 0 Å². The van der Waals surface area contributed by atoms with Crippen LogP contribution in [-0.2, 0) is 6.42 Å². The summed E-state index contributed by atoms with van der Waals surface area (Å²) in [5.74, 6) is 0.234. The first-order valence-corrected chi connectivity index (χ1v) is 9.36. The van der Waals surface area contributed by atoms with Gasteiger partial charge < -0.3 is 4.90 Å². The summed E-state index contributed by atoms with van der Waals surface area (Å²) in [5.41, 5.74) is 1.79. The fourth-order valence-electron chi connectivity index (χ4n) is 3.61. The van der Waals surface area contributed by atoms with E-state index in [1.807, 2.05) is 12.1 Å². The molecular weight excluding hydrogens is 332 g/mol. The number of nitrogens with zero attached hydrogens (tertiary/aromatic N) is 1. The van der Waals surface area contributed by atoms with E-state index in [-0.39, 0.29) is 17.4 Å². The van der Waals surface area contributed by atoms with E-state index in [2.05, 4.69) is 4.90 Å². The topological polar surface area (TPSA) is 20.3 Å². The van der Waals surface area contributed by atoms with Gasteiger partial charge in [0.25, 0.3) is 0 Å². The third kappa shape index (κ3) is 5.46. The van der Waals surface area contributed by atoms with Gasteiger partial charge in [0.15, 0.2) is 5.78 Å². The third-order valence-electron chi connectivity index (χ3n) is 5.19. The van der Waals surface area contributed by atoms with E-state index in [0.717, 1.165) is 45.3 Å². The second kappa shape index (κ2) is 9.04. The third-order valence-corrected chi connectivity index (χ3v) is 5.19. The highest BCUT2D eigenvalue weighted by molar-refractivity contribution is 5.95. The van der Waals surface area contributed by atoms with Crippen molar-refractivity contribution in [1.82, 2.24) is 4.90 Å². The molecule has 0 aromatic heterocycles. The lowest BCUT2D eigenvalue weighted by molar-refractivity contribution is 0.0970. The molecule has 1 heterocycles. The van der Waals surface area contributed by atoms with E-state index in [1.165, 1.54) is 29.8 Å². The van der Waals surface area contributed by atoms with Crippen molar-refractivity contribution in [2.45, 2.75) is 32.1 Å². The monoisotopic (exact) mass is 357 g/mol. The minimum atomic E-state index is -0.315. The van der Waals surface area contributed by atoms with Crippen molar-refractivity contribution in [2.24, 2.45) is 5.92 Å². The maximum atomic E-state index is 13.0. The van der Waals surface area contributed by atoms with Gasteiger partial charge in [-0.25, -0.2) is 8.78 Å². The van der Waals surface area contributed by atoms with Gasteiger partial charge in [0, 0.05) is 12.0 Å². The molecule has 0 N–H and O–H groups in total. The van der Waals surface area contributed by atoms with E-state index in [4.69, 9.17) is 0 Å². The molecule has 3 rings (SSSR count). The highest BCUT2D eigenvalue weighted by atomic mass is 19.1. The predicted molar refractivity (Wildman–Crippen MR) is 99.2 cm³/mol. The van der Waals surface area contributed by atoms with Crippen LogP contribution in [0.25, 0.3) is 0 Å². The van der Waals surface area contributed by atoms with E-state index < -0.39 is 0 Å². The molecule has 138 valence electrons. The summed E-state index contributed by atoms with van der Waals surface area (Å²) < 4.78 is 25.9. The SMILES string of the molecule is O=C(CCCN1CCC(Cc2ccc(F)cc2)CC1)c1ccc(F)cc1. The van der Waals surface area contributed by atoms with Crippen molar-refractivity contribution in [1.29, 1.82) is 0 Å². The number of likely N-dealkylation sites (tertiary alicyclic amines) is 1. The number of piperidine rings is 1. The summed E-state index contributed by atoms with van der Waals surface area (Å²) >= 11 is 0. The van der Waals surface area contributed by atoms with E-state index in [1.54, 1.807) is 12.1 Å². The van der Waals surface area contributed by atoms with Crippen LogP contribution in [0.15, 0.2) is 48.5 Å². The Hall–Kier alpha value is -2.07. The second-order valence-electron chi connectivity index (χ2n) is 7.15. The molecule has 0 aliphatic carbocycles. The summed E-state index contributed by atoms with van der Waals surface area (Å²) in [6.07, 6.45) is 4.63. The molecule has 2 aromatic carbocycles. The maximum Gasteiger partial charge on any atom is 0.162 e. The van der Waals surface area contributed by atoms with E-state index in [9.17, 15) is 13.6 Å². The molecule has 4 heteroatoms. The molecule has 1 aliphatic heterocycles. The number of carbonyl (C=O) groups is 1. The molecule has 0 saturated carbocycles. The van der Waals surface area contributed by atoms with Gasteiger partial charge in [-0.05, 0) is 93.2 Å². The average molecular weight is 357 g/mol. The van der Waals surface area contributed by atoms with E-state index >= 15 is 0 Å². The molecule has 0 unspecified atom stereocenters. The molecule has 0 radical (unpaired) electrons. The Bertz CT molecular complexity index is 704. The van der Waals surface area contributed by atoms with Crippen molar-refractivity contribution >= 4 is 5.78 Å². The van der Waals surface area contributed by atoms with E-state index in [0.29, 0.717) is 17.9 Å². The normalized spacial score (nSPS) is 15.9. The van der Waals surface area contributed by atoms with Gasteiger partial charge in [-0.3, -0.25) is 4.79 Å². The molecule has 2 aromatic rings. The smallest absolute Gasteiger partial charge is 0.162 e. The van der Waals surface area contributed by atoms with Crippen molar-refractivity contribution in [3.05, 3.63) is 71.3 Å². The largest absolute Gasteiger partial charge is 0.303 e. The van der Waals surface area contributed by atoms with Crippen molar-refractivity contribution in [2.75, 3.05) is 19.6 Å². The number of carbonyl (C=O) groups excluding carboxylic acids is 1. The zero-order valence-corrected chi connectivity index (χ0v) is 15.0. The van der Waals surface area contributed by atoms with Gasteiger partial charge in [-0.1, -0.05) is 12.1 Å². The quantitative estimate of drug-likeness (QED) is 0.658. The zero-order chi connectivity index (χ0) is 18.4. The summed E-state index contributed by atoms with van der Waals surface area (Å²) in [6, 6.07) is 12.6. The summed E-state index contributed by atoms with van der Waals surface area (Å²) in [7, 11) is 0. The first-order chi connectivity index (χ1) is 12.6. The maximum absolute atomic E-state index is 13.0. The van der Waals surface area contributed by atoms with Crippen LogP contribution in [0.5, 0.6) is 0 Å². The molecule has 0 bridgehead atoms. The van der Waals surface area contributed by atoms with Crippen LogP contribution >= 0.6 is 0 Å². The van der Waals surface area contributed by atoms with Gasteiger partial charge in [0.05, 0.1) is 0 Å². The Morgan fingerprint density at radius 1 is 0.923 bits per heavy atom. The molecule has 0 amide bonds. The van der Waals surface area contributed by atoms with Crippen molar-refractivity contribution in [3.63, 3.8) is 0 Å². The fourth-order valence-corrected chi connectivity index (χ4v) is 3.61. The Morgan fingerprint density at radius 3 is 2.12 bits per heavy atom. The van der Waals surface area contributed by atoms with Crippen LogP contribution in [0.3, 0.4) is 0 Å². The Morgan fingerprint density at radius 2 is 1.50 bits per heavy atom. The fraction of sp³-hybridized carbons (Fsp3) is 0.409. The number of benzene rings is 2. The molecule has 26 heavy (non-hydrogen) atoms. The van der Waals surface area contributed by atoms with Crippen LogP contribution in [0.1, 0.15) is 41.6 Å². The summed E-state index contributed by atoms with van der Waals surface area (Å²) in [5, 5.41) is 0. The minimum Gasteiger partial charge on any atom is -0.303 e. The zero-order valence-electron chi connectivity index (χ0n) is 15.0. The second-order valence-corrected chi connectivity index (χ2v) is 7.15. The van der Waals surface area contributed by atoms with Crippen molar-refractivity contribution < 1.29 is 13.6 Å². The predicted octanol–water partition coefficient (Wildman–Crippen LogP) is 4.88. The number of halogens is 2. The van der Waals surface area contributed by atoms with Gasteiger partial charge in [0.2, 0.25) is 0 Å².